The first kappa shape index (κ1) is 15.3. The van der Waals surface area contributed by atoms with Gasteiger partial charge in [-0.05, 0) is 37.4 Å². The van der Waals surface area contributed by atoms with Crippen LogP contribution in [0.1, 0.15) is 32.4 Å². The molecule has 112 valence electrons. The molecule has 20 heavy (non-hydrogen) atoms. The van der Waals surface area contributed by atoms with Crippen LogP contribution in [0.2, 0.25) is 0 Å². The van der Waals surface area contributed by atoms with E-state index in [0.29, 0.717) is 12.0 Å². The Morgan fingerprint density at radius 3 is 2.90 bits per heavy atom. The van der Waals surface area contributed by atoms with Crippen molar-refractivity contribution >= 4 is 5.69 Å². The first-order valence-corrected chi connectivity index (χ1v) is 7.62. The van der Waals surface area contributed by atoms with Gasteiger partial charge in [-0.15, -0.1) is 0 Å². The van der Waals surface area contributed by atoms with Crippen molar-refractivity contribution in [3.63, 3.8) is 0 Å². The molecule has 1 fully saturated rings. The Morgan fingerprint density at radius 1 is 1.45 bits per heavy atom. The van der Waals surface area contributed by atoms with Gasteiger partial charge in [0, 0.05) is 38.1 Å². The number of rotatable bonds is 9. The van der Waals surface area contributed by atoms with Crippen molar-refractivity contribution in [3.05, 3.63) is 24.0 Å². The van der Waals surface area contributed by atoms with Crippen molar-refractivity contribution in [1.82, 2.24) is 10.3 Å². The normalized spacial score (nSPS) is 14.8. The SMILES string of the molecule is COCCN(c1ccnc(CNCC(C)C)c1)C1CC1. The minimum absolute atomic E-state index is 0.669. The average molecular weight is 277 g/mol. The highest BCUT2D eigenvalue weighted by Crippen LogP contribution is 2.31. The maximum absolute atomic E-state index is 5.22. The van der Waals surface area contributed by atoms with Crippen LogP contribution in [0.5, 0.6) is 0 Å². The van der Waals surface area contributed by atoms with E-state index in [-0.39, 0.29) is 0 Å². The van der Waals surface area contributed by atoms with E-state index < -0.39 is 0 Å². The van der Waals surface area contributed by atoms with E-state index in [1.165, 1.54) is 18.5 Å². The third-order valence-electron chi connectivity index (χ3n) is 3.51. The second kappa shape index (κ2) is 7.60. The number of hydrogen-bond acceptors (Lipinski definition) is 4. The summed E-state index contributed by atoms with van der Waals surface area (Å²) in [5.41, 5.74) is 2.40. The first-order valence-electron chi connectivity index (χ1n) is 7.62. The fraction of sp³-hybridized carbons (Fsp3) is 0.688. The van der Waals surface area contributed by atoms with Gasteiger partial charge in [0.1, 0.15) is 0 Å². The third-order valence-corrected chi connectivity index (χ3v) is 3.51. The minimum Gasteiger partial charge on any atom is -0.383 e. The zero-order valence-electron chi connectivity index (χ0n) is 12.9. The Balaban J connectivity index is 1.95. The van der Waals surface area contributed by atoms with Gasteiger partial charge in [0.15, 0.2) is 0 Å². The molecule has 0 atom stereocenters. The van der Waals surface area contributed by atoms with Crippen molar-refractivity contribution in [2.24, 2.45) is 5.92 Å². The number of nitrogens with one attached hydrogen (secondary N) is 1. The molecule has 1 aromatic heterocycles. The second-order valence-corrected chi connectivity index (χ2v) is 5.95. The van der Waals surface area contributed by atoms with Crippen LogP contribution in [0.3, 0.4) is 0 Å². The number of aromatic nitrogens is 1. The molecule has 4 nitrogen and oxygen atoms in total. The highest BCUT2D eigenvalue weighted by atomic mass is 16.5. The molecule has 1 saturated carbocycles. The standard InChI is InChI=1S/C16H27N3O/c1-13(2)11-17-12-14-10-16(6-7-18-14)19(8-9-20-3)15-4-5-15/h6-7,10,13,15,17H,4-5,8-9,11-12H2,1-3H3. The van der Waals surface area contributed by atoms with Crippen molar-refractivity contribution in [1.29, 1.82) is 0 Å². The molecule has 1 heterocycles. The van der Waals surface area contributed by atoms with Crippen LogP contribution in [0.25, 0.3) is 0 Å². The summed E-state index contributed by atoms with van der Waals surface area (Å²) in [6.45, 7) is 8.05. The van der Waals surface area contributed by atoms with Gasteiger partial charge in [-0.25, -0.2) is 0 Å². The summed E-state index contributed by atoms with van der Waals surface area (Å²) >= 11 is 0. The first-order chi connectivity index (χ1) is 9.70. The van der Waals surface area contributed by atoms with Crippen LogP contribution >= 0.6 is 0 Å². The second-order valence-electron chi connectivity index (χ2n) is 5.95. The molecule has 0 saturated heterocycles. The number of methoxy groups -OCH3 is 1. The van der Waals surface area contributed by atoms with Crippen LogP contribution in [-0.4, -0.2) is 37.8 Å². The molecule has 0 radical (unpaired) electrons. The zero-order valence-corrected chi connectivity index (χ0v) is 12.9. The smallest absolute Gasteiger partial charge is 0.0637 e. The summed E-state index contributed by atoms with van der Waals surface area (Å²) in [5.74, 6) is 0.669. The highest BCUT2D eigenvalue weighted by Gasteiger charge is 2.29. The Kier molecular flexibility index (Phi) is 5.80. The summed E-state index contributed by atoms with van der Waals surface area (Å²) in [6, 6.07) is 5.02. The Bertz CT molecular complexity index is 404. The quantitative estimate of drug-likeness (QED) is 0.752. The Morgan fingerprint density at radius 2 is 2.25 bits per heavy atom. The van der Waals surface area contributed by atoms with Gasteiger partial charge in [0.05, 0.1) is 12.3 Å². The molecule has 0 bridgehead atoms. The lowest BCUT2D eigenvalue weighted by Gasteiger charge is -2.24. The largest absolute Gasteiger partial charge is 0.383 e. The zero-order chi connectivity index (χ0) is 14.4. The number of hydrogen-bond donors (Lipinski definition) is 1. The molecule has 0 amide bonds. The third kappa shape index (κ3) is 4.76. The van der Waals surface area contributed by atoms with E-state index >= 15 is 0 Å². The van der Waals surface area contributed by atoms with Crippen LogP contribution in [0, 0.1) is 5.92 Å². The summed E-state index contributed by atoms with van der Waals surface area (Å²) in [4.78, 5) is 6.91. The van der Waals surface area contributed by atoms with Crippen molar-refractivity contribution < 1.29 is 4.74 Å². The molecule has 1 aromatic rings. The van der Waals surface area contributed by atoms with Gasteiger partial charge in [-0.2, -0.15) is 0 Å². The number of pyridine rings is 1. The minimum atomic E-state index is 0.669. The Labute approximate surface area is 122 Å². The van der Waals surface area contributed by atoms with Gasteiger partial charge in [0.2, 0.25) is 0 Å². The highest BCUT2D eigenvalue weighted by molar-refractivity contribution is 5.48. The molecule has 0 unspecified atom stereocenters. The maximum atomic E-state index is 5.22. The van der Waals surface area contributed by atoms with Crippen LogP contribution < -0.4 is 10.2 Å². The van der Waals surface area contributed by atoms with E-state index in [2.05, 4.69) is 41.2 Å². The molecular formula is C16H27N3O. The maximum Gasteiger partial charge on any atom is 0.0637 e. The van der Waals surface area contributed by atoms with Crippen LogP contribution in [-0.2, 0) is 11.3 Å². The molecule has 2 rings (SSSR count). The predicted molar refractivity (Wildman–Crippen MR) is 83.0 cm³/mol. The van der Waals surface area contributed by atoms with Crippen molar-refractivity contribution in [2.45, 2.75) is 39.3 Å². The van der Waals surface area contributed by atoms with Crippen molar-refractivity contribution in [3.8, 4) is 0 Å². The molecule has 1 N–H and O–H groups in total. The predicted octanol–water partition coefficient (Wildman–Crippen LogP) is 2.44. The van der Waals surface area contributed by atoms with E-state index in [0.717, 1.165) is 31.9 Å². The van der Waals surface area contributed by atoms with Gasteiger partial charge in [-0.3, -0.25) is 4.98 Å². The Hall–Kier alpha value is -1.13. The van der Waals surface area contributed by atoms with E-state index in [1.807, 2.05) is 6.20 Å². The van der Waals surface area contributed by atoms with E-state index in [1.54, 1.807) is 7.11 Å². The van der Waals surface area contributed by atoms with Crippen LogP contribution in [0.4, 0.5) is 5.69 Å². The average Bonchev–Trinajstić information content (AvgIpc) is 3.24. The van der Waals surface area contributed by atoms with Crippen molar-refractivity contribution in [2.75, 3.05) is 31.7 Å². The topological polar surface area (TPSA) is 37.4 Å². The lowest BCUT2D eigenvalue weighted by atomic mass is 10.2. The molecule has 1 aliphatic carbocycles. The van der Waals surface area contributed by atoms with Gasteiger partial charge >= 0.3 is 0 Å². The summed E-state index contributed by atoms with van der Waals surface area (Å²) < 4.78 is 5.22. The van der Waals surface area contributed by atoms with Gasteiger partial charge in [0.25, 0.3) is 0 Å². The number of nitrogens with zero attached hydrogens (tertiary/aromatic N) is 2. The van der Waals surface area contributed by atoms with Crippen LogP contribution in [0.15, 0.2) is 18.3 Å². The molecule has 0 aliphatic heterocycles. The molecule has 0 spiro atoms. The molecule has 1 aliphatic rings. The molecular weight excluding hydrogens is 250 g/mol. The lowest BCUT2D eigenvalue weighted by molar-refractivity contribution is 0.205. The monoisotopic (exact) mass is 277 g/mol. The fourth-order valence-electron chi connectivity index (χ4n) is 2.33. The number of ether oxygens (including phenoxy) is 1. The van der Waals surface area contributed by atoms with E-state index in [4.69, 9.17) is 4.74 Å². The van der Waals surface area contributed by atoms with Gasteiger partial charge in [-0.1, -0.05) is 13.8 Å². The van der Waals surface area contributed by atoms with E-state index in [9.17, 15) is 0 Å². The molecule has 0 aromatic carbocycles. The fourth-order valence-corrected chi connectivity index (χ4v) is 2.33. The summed E-state index contributed by atoms with van der Waals surface area (Å²) in [7, 11) is 1.76. The summed E-state index contributed by atoms with van der Waals surface area (Å²) in [5, 5.41) is 3.45. The molecule has 4 heteroatoms. The number of anilines is 1. The van der Waals surface area contributed by atoms with Gasteiger partial charge < -0.3 is 15.0 Å². The lowest BCUT2D eigenvalue weighted by Crippen LogP contribution is -2.29. The summed E-state index contributed by atoms with van der Waals surface area (Å²) in [6.07, 6.45) is 4.52.